The second-order valence-electron chi connectivity index (χ2n) is 6.27. The van der Waals surface area contributed by atoms with Crippen LogP contribution < -0.4 is 10.6 Å². The number of nitrogens with zero attached hydrogens (tertiary/aromatic N) is 1. The first-order valence-corrected chi connectivity index (χ1v) is 9.64. The number of hydrogen-bond acceptors (Lipinski definition) is 6. The first kappa shape index (κ1) is 21.8. The number of anilines is 1. The minimum atomic E-state index is -5.25. The molecule has 0 bridgehead atoms. The van der Waals surface area contributed by atoms with E-state index < -0.39 is 23.7 Å². The maximum atomic E-state index is 14.2. The molecule has 158 valence electrons. The Bertz CT molecular complexity index is 1100. The molecule has 0 aliphatic rings. The molecule has 2 N–H and O–H groups in total. The van der Waals surface area contributed by atoms with E-state index in [9.17, 15) is 22.8 Å². The molecule has 0 saturated heterocycles. The van der Waals surface area contributed by atoms with E-state index >= 15 is 0 Å². The van der Waals surface area contributed by atoms with Gasteiger partial charge in [-0.2, -0.15) is 13.2 Å². The van der Waals surface area contributed by atoms with E-state index in [0.717, 1.165) is 24.0 Å². The number of hydrogen-bond donors (Lipinski definition) is 2. The van der Waals surface area contributed by atoms with Crippen molar-refractivity contribution in [3.63, 3.8) is 0 Å². The summed E-state index contributed by atoms with van der Waals surface area (Å²) in [6.45, 7) is 1.76. The van der Waals surface area contributed by atoms with Crippen molar-refractivity contribution in [1.29, 1.82) is 0 Å². The van der Waals surface area contributed by atoms with Gasteiger partial charge in [-0.25, -0.2) is 9.78 Å². The zero-order valence-corrected chi connectivity index (χ0v) is 17.2. The zero-order valence-electron chi connectivity index (χ0n) is 15.6. The van der Waals surface area contributed by atoms with Crippen molar-refractivity contribution < 1.29 is 27.5 Å². The van der Waals surface area contributed by atoms with Crippen molar-refractivity contribution in [3.05, 3.63) is 58.6 Å². The largest absolute Gasteiger partial charge is 0.466 e. The van der Waals surface area contributed by atoms with Gasteiger partial charge in [0.2, 0.25) is 0 Å². The monoisotopic (exact) mass is 457 g/mol. The van der Waals surface area contributed by atoms with Crippen LogP contribution in [0.2, 0.25) is 5.02 Å². The third-order valence-electron chi connectivity index (χ3n) is 4.24. The van der Waals surface area contributed by atoms with Gasteiger partial charge in [-0.15, -0.1) is 0 Å². The summed E-state index contributed by atoms with van der Waals surface area (Å²) in [6.07, 6.45) is -5.25. The van der Waals surface area contributed by atoms with Gasteiger partial charge in [-0.1, -0.05) is 35.1 Å². The lowest BCUT2D eigenvalue weighted by Gasteiger charge is -2.34. The number of alkyl halides is 3. The fourth-order valence-corrected chi connectivity index (χ4v) is 3.81. The van der Waals surface area contributed by atoms with E-state index in [4.69, 9.17) is 11.6 Å². The number of amides is 1. The molecule has 11 heteroatoms. The number of carbonyl (C=O) groups is 2. The molecule has 0 aliphatic heterocycles. The summed E-state index contributed by atoms with van der Waals surface area (Å²) in [6, 6.07) is 10.3. The molecule has 0 spiro atoms. The Morgan fingerprint density at radius 1 is 1.13 bits per heavy atom. The van der Waals surface area contributed by atoms with Crippen molar-refractivity contribution in [2.24, 2.45) is 0 Å². The highest BCUT2D eigenvalue weighted by molar-refractivity contribution is 7.22. The number of thiazole rings is 1. The number of aryl methyl sites for hydroxylation is 1. The van der Waals surface area contributed by atoms with Crippen molar-refractivity contribution in [2.45, 2.75) is 18.8 Å². The molecule has 1 unspecified atom stereocenters. The second-order valence-corrected chi connectivity index (χ2v) is 7.73. The molecule has 30 heavy (non-hydrogen) atoms. The van der Waals surface area contributed by atoms with E-state index in [-0.39, 0.29) is 10.7 Å². The third-order valence-corrected chi connectivity index (χ3v) is 5.43. The van der Waals surface area contributed by atoms with Crippen LogP contribution >= 0.6 is 22.9 Å². The Hall–Kier alpha value is -2.85. The van der Waals surface area contributed by atoms with Gasteiger partial charge in [0, 0.05) is 10.6 Å². The molecule has 1 aromatic heterocycles. The summed E-state index contributed by atoms with van der Waals surface area (Å²) >= 11 is 6.66. The summed E-state index contributed by atoms with van der Waals surface area (Å²) in [4.78, 5) is 29.0. The molecule has 1 amide bonds. The maximum Gasteiger partial charge on any atom is 0.442 e. The number of methoxy groups -OCH3 is 1. The summed E-state index contributed by atoms with van der Waals surface area (Å²) < 4.78 is 47.5. The van der Waals surface area contributed by atoms with E-state index in [0.29, 0.717) is 15.2 Å². The number of halogens is 4. The lowest BCUT2D eigenvalue weighted by atomic mass is 10.1. The van der Waals surface area contributed by atoms with E-state index in [1.807, 2.05) is 0 Å². The normalized spacial score (nSPS) is 13.5. The number of benzene rings is 2. The fraction of sp³-hybridized carbons (Fsp3) is 0.211. The smallest absolute Gasteiger partial charge is 0.442 e. The molecule has 1 heterocycles. The summed E-state index contributed by atoms with van der Waals surface area (Å²) in [5, 5.41) is 3.89. The summed E-state index contributed by atoms with van der Waals surface area (Å²) in [7, 11) is 0.793. The lowest BCUT2D eigenvalue weighted by Crippen LogP contribution is -2.69. The van der Waals surface area contributed by atoms with Gasteiger partial charge < -0.3 is 15.4 Å². The van der Waals surface area contributed by atoms with Crippen LogP contribution in [0.1, 0.15) is 15.9 Å². The van der Waals surface area contributed by atoms with Crippen molar-refractivity contribution in [1.82, 2.24) is 10.3 Å². The summed E-state index contributed by atoms with van der Waals surface area (Å²) in [5.41, 5.74) is -2.45. The second kappa shape index (κ2) is 8.11. The highest BCUT2D eigenvalue weighted by Crippen LogP contribution is 2.36. The van der Waals surface area contributed by atoms with Crippen molar-refractivity contribution >= 4 is 50.2 Å². The van der Waals surface area contributed by atoms with Crippen LogP contribution in [0.5, 0.6) is 0 Å². The fourth-order valence-electron chi connectivity index (χ4n) is 2.69. The SMILES string of the molecule is COC(=O)C(NC(=O)c1ccc(Cl)cc1)(Nc1nc2c(C)cccc2s1)C(F)(F)F. The van der Waals surface area contributed by atoms with E-state index in [1.165, 1.54) is 24.3 Å². The highest BCUT2D eigenvalue weighted by Gasteiger charge is 2.64. The van der Waals surface area contributed by atoms with Gasteiger partial charge in [0.1, 0.15) is 0 Å². The van der Waals surface area contributed by atoms with Crippen LogP contribution in [-0.4, -0.2) is 35.8 Å². The molecule has 2 aromatic carbocycles. The first-order valence-electron chi connectivity index (χ1n) is 8.45. The number of esters is 1. The van der Waals surface area contributed by atoms with Gasteiger partial charge in [0.25, 0.3) is 5.91 Å². The number of nitrogens with one attached hydrogen (secondary N) is 2. The lowest BCUT2D eigenvalue weighted by molar-refractivity contribution is -0.203. The van der Waals surface area contributed by atoms with Gasteiger partial charge in [0.05, 0.1) is 17.3 Å². The minimum absolute atomic E-state index is 0.126. The number of aromatic nitrogens is 1. The quantitative estimate of drug-likeness (QED) is 0.434. The molecule has 3 rings (SSSR count). The van der Waals surface area contributed by atoms with E-state index in [1.54, 1.807) is 30.4 Å². The van der Waals surface area contributed by atoms with Crippen LogP contribution in [0, 0.1) is 6.92 Å². The predicted molar refractivity (Wildman–Crippen MR) is 108 cm³/mol. The van der Waals surface area contributed by atoms with Crippen molar-refractivity contribution in [2.75, 3.05) is 12.4 Å². The van der Waals surface area contributed by atoms with Crippen LogP contribution in [0.3, 0.4) is 0 Å². The van der Waals surface area contributed by atoms with Crippen LogP contribution in [0.25, 0.3) is 10.2 Å². The highest BCUT2D eigenvalue weighted by atomic mass is 35.5. The number of fused-ring (bicyclic) bond motifs is 1. The van der Waals surface area contributed by atoms with Gasteiger partial charge in [-0.05, 0) is 42.8 Å². The van der Waals surface area contributed by atoms with Crippen LogP contribution in [0.15, 0.2) is 42.5 Å². The van der Waals surface area contributed by atoms with Gasteiger partial charge in [-0.3, -0.25) is 4.79 Å². The topological polar surface area (TPSA) is 80.3 Å². The van der Waals surface area contributed by atoms with Crippen LogP contribution in [0.4, 0.5) is 18.3 Å². The average molecular weight is 458 g/mol. The van der Waals surface area contributed by atoms with Crippen LogP contribution in [-0.2, 0) is 9.53 Å². The molecule has 6 nitrogen and oxygen atoms in total. The number of ether oxygens (including phenoxy) is 1. The number of para-hydroxylation sites is 1. The third kappa shape index (κ3) is 4.05. The Kier molecular flexibility index (Phi) is 5.91. The zero-order chi connectivity index (χ0) is 22.1. The standard InChI is InChI=1S/C19H15ClF3N3O3S/c1-10-4-3-5-13-14(10)24-17(30-13)26-18(16(28)29-2,19(21,22)23)25-15(27)11-6-8-12(20)9-7-11/h3-9H,1-2H3,(H,24,26)(H,25,27). The number of rotatable bonds is 5. The summed E-state index contributed by atoms with van der Waals surface area (Å²) in [5.74, 6) is -2.90. The molecule has 3 aromatic rings. The molecule has 0 aliphatic carbocycles. The predicted octanol–water partition coefficient (Wildman–Crippen LogP) is 4.53. The first-order chi connectivity index (χ1) is 14.1. The molecule has 1 atom stereocenters. The average Bonchev–Trinajstić information content (AvgIpc) is 3.10. The molecule has 0 saturated carbocycles. The molecular formula is C19H15ClF3N3O3S. The van der Waals surface area contributed by atoms with Gasteiger partial charge in [0.15, 0.2) is 5.13 Å². The Morgan fingerprint density at radius 2 is 1.80 bits per heavy atom. The number of carbonyl (C=O) groups excluding carboxylic acids is 2. The molecule has 0 fully saturated rings. The Morgan fingerprint density at radius 3 is 2.37 bits per heavy atom. The van der Waals surface area contributed by atoms with Crippen molar-refractivity contribution in [3.8, 4) is 0 Å². The molecule has 0 radical (unpaired) electrons. The van der Waals surface area contributed by atoms with E-state index in [2.05, 4.69) is 15.0 Å². The minimum Gasteiger partial charge on any atom is -0.466 e. The maximum absolute atomic E-state index is 14.2. The Labute approximate surface area is 178 Å². The molecular weight excluding hydrogens is 443 g/mol. The van der Waals surface area contributed by atoms with Gasteiger partial charge >= 0.3 is 17.8 Å². The Balaban J connectivity index is 2.06.